The number of amides is 1. The molecule has 2 aliphatic rings. The summed E-state index contributed by atoms with van der Waals surface area (Å²) in [6.07, 6.45) is 1.72. The van der Waals surface area contributed by atoms with E-state index in [0.29, 0.717) is 15.7 Å². The summed E-state index contributed by atoms with van der Waals surface area (Å²) in [5.74, 6) is -0.634. The molecule has 0 spiro atoms. The first-order chi connectivity index (χ1) is 10.3. The second kappa shape index (κ2) is 5.47. The molecule has 0 bridgehead atoms. The normalized spacial score (nSPS) is 22.2. The summed E-state index contributed by atoms with van der Waals surface area (Å²) in [7, 11) is 2.81. The highest BCUT2D eigenvalue weighted by Crippen LogP contribution is 2.45. The third-order valence-corrected chi connectivity index (χ3v) is 6.64. The maximum atomic E-state index is 12.0. The average molecular weight is 365 g/mol. The van der Waals surface area contributed by atoms with E-state index in [1.165, 1.54) is 12.0 Å². The van der Waals surface area contributed by atoms with Gasteiger partial charge in [-0.2, -0.15) is 0 Å². The minimum absolute atomic E-state index is 0.0388. The quantitative estimate of drug-likeness (QED) is 0.593. The monoisotopic (exact) mass is 364 g/mol. The molecular weight excluding hydrogens is 352 g/mol. The zero-order valence-electron chi connectivity index (χ0n) is 11.6. The van der Waals surface area contributed by atoms with Crippen LogP contribution in [0.5, 0.6) is 0 Å². The molecule has 3 rings (SSSR count). The summed E-state index contributed by atoms with van der Waals surface area (Å²) in [6, 6.07) is 0. The van der Waals surface area contributed by atoms with Gasteiger partial charge in [0.05, 0.1) is 12.8 Å². The van der Waals surface area contributed by atoms with Crippen molar-refractivity contribution >= 4 is 48.1 Å². The highest BCUT2D eigenvalue weighted by atomic mass is 35.7. The third kappa shape index (κ3) is 2.84. The molecule has 2 heterocycles. The van der Waals surface area contributed by atoms with Gasteiger partial charge in [-0.25, -0.2) is 18.2 Å². The topological polar surface area (TPSA) is 93.6 Å². The van der Waals surface area contributed by atoms with Gasteiger partial charge in [-0.1, -0.05) is 11.3 Å². The highest BCUT2D eigenvalue weighted by Gasteiger charge is 2.41. The van der Waals surface area contributed by atoms with Gasteiger partial charge in [0, 0.05) is 29.6 Å². The van der Waals surface area contributed by atoms with Gasteiger partial charge in [0.2, 0.25) is 15.0 Å². The molecule has 1 saturated heterocycles. The number of nitrogens with zero attached hydrogens (tertiary/aromatic N) is 2. The first kappa shape index (κ1) is 15.7. The molecule has 2 fully saturated rings. The first-order valence-electron chi connectivity index (χ1n) is 6.64. The SMILES string of the molecule is COC(=O)c1sc(N2CC(S(=O)(=O)Cl)CC2=O)nc1C1CC1. The highest BCUT2D eigenvalue weighted by molar-refractivity contribution is 8.14. The fourth-order valence-electron chi connectivity index (χ4n) is 2.36. The van der Waals surface area contributed by atoms with Gasteiger partial charge < -0.3 is 4.74 Å². The van der Waals surface area contributed by atoms with Crippen molar-refractivity contribution in [3.8, 4) is 0 Å². The van der Waals surface area contributed by atoms with Crippen LogP contribution in [-0.2, 0) is 18.6 Å². The van der Waals surface area contributed by atoms with Gasteiger partial charge in [-0.05, 0) is 12.8 Å². The summed E-state index contributed by atoms with van der Waals surface area (Å²) >= 11 is 1.06. The largest absolute Gasteiger partial charge is 0.465 e. The number of ether oxygens (including phenoxy) is 1. The maximum absolute atomic E-state index is 12.0. The van der Waals surface area contributed by atoms with E-state index in [-0.39, 0.29) is 24.8 Å². The molecule has 1 amide bonds. The van der Waals surface area contributed by atoms with Crippen LogP contribution in [0.1, 0.15) is 40.5 Å². The second-order valence-electron chi connectivity index (χ2n) is 5.28. The van der Waals surface area contributed by atoms with Crippen LogP contribution in [0, 0.1) is 0 Å². The predicted octanol–water partition coefficient (Wildman–Crippen LogP) is 1.48. The molecule has 1 aromatic rings. The molecule has 1 aliphatic heterocycles. The van der Waals surface area contributed by atoms with Crippen LogP contribution in [0.15, 0.2) is 0 Å². The van der Waals surface area contributed by atoms with Crippen molar-refractivity contribution < 1.29 is 22.7 Å². The van der Waals surface area contributed by atoms with Crippen LogP contribution < -0.4 is 4.90 Å². The Morgan fingerprint density at radius 3 is 2.64 bits per heavy atom. The van der Waals surface area contributed by atoms with E-state index < -0.39 is 20.3 Å². The van der Waals surface area contributed by atoms with E-state index in [2.05, 4.69) is 4.98 Å². The van der Waals surface area contributed by atoms with Crippen LogP contribution in [0.25, 0.3) is 0 Å². The zero-order chi connectivity index (χ0) is 16.1. The van der Waals surface area contributed by atoms with Gasteiger partial charge in [-0.3, -0.25) is 9.69 Å². The smallest absolute Gasteiger partial charge is 0.350 e. The minimum atomic E-state index is -3.81. The van der Waals surface area contributed by atoms with Gasteiger partial charge in [-0.15, -0.1) is 0 Å². The van der Waals surface area contributed by atoms with Crippen molar-refractivity contribution in [3.63, 3.8) is 0 Å². The summed E-state index contributed by atoms with van der Waals surface area (Å²) in [5.41, 5.74) is 0.636. The maximum Gasteiger partial charge on any atom is 0.350 e. The van der Waals surface area contributed by atoms with Crippen LogP contribution in [0.4, 0.5) is 5.13 Å². The lowest BCUT2D eigenvalue weighted by molar-refractivity contribution is -0.117. The Morgan fingerprint density at radius 2 is 2.14 bits per heavy atom. The van der Waals surface area contributed by atoms with E-state index in [4.69, 9.17) is 15.4 Å². The Morgan fingerprint density at radius 1 is 1.45 bits per heavy atom. The predicted molar refractivity (Wildman–Crippen MR) is 81.0 cm³/mol. The van der Waals surface area contributed by atoms with E-state index in [1.807, 2.05) is 0 Å². The lowest BCUT2D eigenvalue weighted by Crippen LogP contribution is -2.26. The van der Waals surface area contributed by atoms with Crippen LogP contribution in [-0.4, -0.2) is 44.2 Å². The third-order valence-electron chi connectivity index (χ3n) is 3.70. The summed E-state index contributed by atoms with van der Waals surface area (Å²) in [5, 5.41) is -0.619. The van der Waals surface area contributed by atoms with Crippen molar-refractivity contribution in [1.82, 2.24) is 4.98 Å². The molecule has 1 saturated carbocycles. The molecule has 10 heteroatoms. The number of aromatic nitrogens is 1. The van der Waals surface area contributed by atoms with Crippen molar-refractivity contribution in [2.45, 2.75) is 30.4 Å². The van der Waals surface area contributed by atoms with E-state index >= 15 is 0 Å². The first-order valence-corrected chi connectivity index (χ1v) is 9.83. The Kier molecular flexibility index (Phi) is 3.90. The fraction of sp³-hybridized carbons (Fsp3) is 0.583. The molecule has 7 nitrogen and oxygen atoms in total. The number of thiazole rings is 1. The number of rotatable bonds is 4. The molecule has 0 aromatic carbocycles. The Hall–Kier alpha value is -1.19. The number of anilines is 1. The molecule has 120 valence electrons. The Bertz CT molecular complexity index is 741. The molecule has 1 aromatic heterocycles. The minimum Gasteiger partial charge on any atom is -0.465 e. The summed E-state index contributed by atoms with van der Waals surface area (Å²) < 4.78 is 27.5. The van der Waals surface area contributed by atoms with E-state index in [1.54, 1.807) is 0 Å². The average Bonchev–Trinajstić information content (AvgIpc) is 3.07. The zero-order valence-corrected chi connectivity index (χ0v) is 14.0. The molecule has 0 radical (unpaired) electrons. The Labute approximate surface area is 135 Å². The van der Waals surface area contributed by atoms with Gasteiger partial charge in [0.25, 0.3) is 0 Å². The number of halogens is 1. The lowest BCUT2D eigenvalue weighted by atomic mass is 10.2. The summed E-state index contributed by atoms with van der Waals surface area (Å²) in [6.45, 7) is -0.0388. The molecule has 22 heavy (non-hydrogen) atoms. The number of hydrogen-bond donors (Lipinski definition) is 0. The van der Waals surface area contributed by atoms with Crippen molar-refractivity contribution in [2.24, 2.45) is 0 Å². The summed E-state index contributed by atoms with van der Waals surface area (Å²) in [4.78, 5) is 29.9. The van der Waals surface area contributed by atoms with Crippen LogP contribution in [0.3, 0.4) is 0 Å². The van der Waals surface area contributed by atoms with E-state index in [0.717, 1.165) is 24.2 Å². The molecular formula is C12H13ClN2O5S2. The van der Waals surface area contributed by atoms with Crippen LogP contribution in [0.2, 0.25) is 0 Å². The van der Waals surface area contributed by atoms with Gasteiger partial charge in [0.15, 0.2) is 5.13 Å². The molecule has 0 N–H and O–H groups in total. The number of methoxy groups -OCH3 is 1. The van der Waals surface area contributed by atoms with Crippen molar-refractivity contribution in [2.75, 3.05) is 18.6 Å². The lowest BCUT2D eigenvalue weighted by Gasteiger charge is -2.11. The van der Waals surface area contributed by atoms with Crippen molar-refractivity contribution in [1.29, 1.82) is 0 Å². The van der Waals surface area contributed by atoms with Crippen LogP contribution >= 0.6 is 22.0 Å². The number of hydrogen-bond acceptors (Lipinski definition) is 7. The standard InChI is InChI=1S/C12H13ClN2O5S2/c1-20-11(17)10-9(6-2-3-6)14-12(21-10)15-5-7(4-8(15)16)22(13,18)19/h6-7H,2-5H2,1H3. The van der Waals surface area contributed by atoms with Gasteiger partial charge in [0.1, 0.15) is 10.1 Å². The molecule has 1 atom stereocenters. The van der Waals surface area contributed by atoms with Crippen molar-refractivity contribution in [3.05, 3.63) is 10.6 Å². The number of carbonyl (C=O) groups excluding carboxylic acids is 2. The Balaban J connectivity index is 1.92. The molecule has 1 unspecified atom stereocenters. The number of carbonyl (C=O) groups is 2. The fourth-order valence-corrected chi connectivity index (χ4v) is 4.48. The van der Waals surface area contributed by atoms with Gasteiger partial charge >= 0.3 is 5.97 Å². The second-order valence-corrected chi connectivity index (χ2v) is 9.17. The number of esters is 1. The van der Waals surface area contributed by atoms with E-state index in [9.17, 15) is 18.0 Å². The molecule has 1 aliphatic carbocycles.